The van der Waals surface area contributed by atoms with Gasteiger partial charge in [0.1, 0.15) is 5.82 Å². The number of amides is 2. The summed E-state index contributed by atoms with van der Waals surface area (Å²) in [4.78, 5) is 55.0. The second kappa shape index (κ2) is 8.78. The van der Waals surface area contributed by atoms with Gasteiger partial charge in [0.15, 0.2) is 17.2 Å². The van der Waals surface area contributed by atoms with Crippen molar-refractivity contribution in [3.63, 3.8) is 0 Å². The first kappa shape index (κ1) is 24.9. The van der Waals surface area contributed by atoms with Crippen LogP contribution in [-0.4, -0.2) is 63.8 Å². The molecule has 1 aromatic carbocycles. The third kappa shape index (κ3) is 4.01. The highest BCUT2D eigenvalue weighted by Crippen LogP contribution is 2.55. The van der Waals surface area contributed by atoms with Crippen LogP contribution in [0, 0.1) is 11.7 Å². The number of nitrogens with zero attached hydrogens (tertiary/aromatic N) is 3. The summed E-state index contributed by atoms with van der Waals surface area (Å²) in [5.41, 5.74) is -2.12. The summed E-state index contributed by atoms with van der Waals surface area (Å²) in [5, 5.41) is 10.7. The van der Waals surface area contributed by atoms with E-state index in [4.69, 9.17) is 11.6 Å². The molecule has 2 aromatic rings. The van der Waals surface area contributed by atoms with Crippen LogP contribution in [0.5, 0.6) is 5.75 Å². The number of aromatic nitrogens is 1. The van der Waals surface area contributed by atoms with E-state index >= 15 is 0 Å². The number of aryl methyl sites for hydroxylation is 1. The summed E-state index contributed by atoms with van der Waals surface area (Å²) >= 11 is 5.81. The van der Waals surface area contributed by atoms with E-state index in [1.54, 1.807) is 20.2 Å². The summed E-state index contributed by atoms with van der Waals surface area (Å²) in [5.74, 6) is -3.21. The Balaban J connectivity index is 1.76. The number of carbonyl (C=O) groups excluding carboxylic acids is 3. The molecule has 1 spiro atoms. The highest BCUT2D eigenvalue weighted by atomic mass is 35.5. The molecular formula is C25H27ClFN3O5. The first-order valence-electron chi connectivity index (χ1n) is 11.4. The summed E-state index contributed by atoms with van der Waals surface area (Å²) in [6, 6.07) is 4.23. The maximum Gasteiger partial charge on any atom is 0.274 e. The number of aromatic hydroxyl groups is 1. The minimum atomic E-state index is -0.960. The molecule has 8 nitrogen and oxygen atoms in total. The third-order valence-electron chi connectivity index (χ3n) is 6.93. The molecule has 1 fully saturated rings. The molecule has 2 heterocycles. The van der Waals surface area contributed by atoms with Crippen LogP contribution < -0.4 is 5.43 Å². The van der Waals surface area contributed by atoms with Gasteiger partial charge < -0.3 is 19.5 Å². The molecule has 1 aliphatic carbocycles. The van der Waals surface area contributed by atoms with E-state index in [9.17, 15) is 28.7 Å². The van der Waals surface area contributed by atoms with Crippen LogP contribution in [0.2, 0.25) is 5.02 Å². The Kier molecular flexibility index (Phi) is 6.25. The number of halogens is 2. The number of Topliss-reactive ketones (excluding diaryl/α,β-unsaturated/α-hetero) is 1. The van der Waals surface area contributed by atoms with Gasteiger partial charge in [-0.05, 0) is 38.3 Å². The molecule has 35 heavy (non-hydrogen) atoms. The minimum absolute atomic E-state index is 0.000120. The van der Waals surface area contributed by atoms with Crippen molar-refractivity contribution in [2.75, 3.05) is 20.6 Å². The zero-order valence-electron chi connectivity index (χ0n) is 20.0. The van der Waals surface area contributed by atoms with E-state index in [0.717, 1.165) is 0 Å². The monoisotopic (exact) mass is 503 g/mol. The molecule has 4 rings (SSSR count). The molecule has 1 N–H and O–H groups in total. The molecule has 2 aliphatic rings. The van der Waals surface area contributed by atoms with E-state index in [1.807, 2.05) is 13.8 Å². The Hall–Kier alpha value is -3.20. The summed E-state index contributed by atoms with van der Waals surface area (Å²) in [7, 11) is 3.27. The maximum atomic E-state index is 14.2. The quantitative estimate of drug-likeness (QED) is 0.611. The molecular weight excluding hydrogens is 477 g/mol. The second-order valence-corrected chi connectivity index (χ2v) is 10.1. The van der Waals surface area contributed by atoms with Crippen LogP contribution in [0.25, 0.3) is 0 Å². The Morgan fingerprint density at radius 3 is 2.60 bits per heavy atom. The smallest absolute Gasteiger partial charge is 0.274 e. The van der Waals surface area contributed by atoms with Gasteiger partial charge in [-0.1, -0.05) is 23.7 Å². The number of hydrogen-bond acceptors (Lipinski definition) is 5. The normalized spacial score (nSPS) is 20.8. The topological polar surface area (TPSA) is 99.9 Å². The first-order chi connectivity index (χ1) is 16.4. The third-order valence-corrected chi connectivity index (χ3v) is 7.22. The Labute approximate surface area is 206 Å². The number of carbonyl (C=O) groups is 3. The predicted octanol–water partition coefficient (Wildman–Crippen LogP) is 2.83. The van der Waals surface area contributed by atoms with Crippen molar-refractivity contribution in [1.29, 1.82) is 0 Å². The predicted molar refractivity (Wildman–Crippen MR) is 127 cm³/mol. The van der Waals surface area contributed by atoms with Crippen LogP contribution in [-0.2, 0) is 16.8 Å². The van der Waals surface area contributed by atoms with Gasteiger partial charge in [-0.2, -0.15) is 0 Å². The molecule has 186 valence electrons. The first-order valence-corrected chi connectivity index (χ1v) is 11.8. The fraction of sp³-hybridized carbons (Fsp3) is 0.440. The Bertz CT molecular complexity index is 1300. The molecule has 1 aliphatic heterocycles. The Morgan fingerprint density at radius 1 is 1.29 bits per heavy atom. The lowest BCUT2D eigenvalue weighted by Crippen LogP contribution is -2.52. The van der Waals surface area contributed by atoms with Gasteiger partial charge in [-0.15, -0.1) is 0 Å². The molecule has 0 bridgehead atoms. The van der Waals surface area contributed by atoms with Crippen molar-refractivity contribution in [3.8, 4) is 5.75 Å². The second-order valence-electron chi connectivity index (χ2n) is 9.69. The zero-order valence-corrected chi connectivity index (χ0v) is 20.7. The summed E-state index contributed by atoms with van der Waals surface area (Å²) < 4.78 is 15.7. The molecule has 2 unspecified atom stereocenters. The number of fused-ring (bicyclic) bond motifs is 2. The van der Waals surface area contributed by atoms with Gasteiger partial charge in [-0.25, -0.2) is 4.39 Å². The van der Waals surface area contributed by atoms with Crippen LogP contribution >= 0.6 is 11.6 Å². The van der Waals surface area contributed by atoms with Crippen molar-refractivity contribution in [2.45, 2.75) is 44.7 Å². The van der Waals surface area contributed by atoms with Gasteiger partial charge in [0, 0.05) is 39.3 Å². The molecule has 0 radical (unpaired) electrons. The lowest BCUT2D eigenvalue weighted by atomic mass is 9.99. The SMILES string of the molecule is CC(C)N1CC2(CC2C(=O)N(C)C)n2cc(C(=O)CCc3cccc(Cl)c3F)c(=O)c(O)c2C1=O. The number of pyridine rings is 1. The van der Waals surface area contributed by atoms with Gasteiger partial charge in [0.05, 0.1) is 22.0 Å². The highest BCUT2D eigenvalue weighted by Gasteiger charge is 2.64. The van der Waals surface area contributed by atoms with Gasteiger partial charge >= 0.3 is 0 Å². The van der Waals surface area contributed by atoms with E-state index in [0.29, 0.717) is 6.42 Å². The van der Waals surface area contributed by atoms with E-state index in [-0.39, 0.29) is 53.2 Å². The standard InChI is InChI=1S/C25H27ClFN3O5/c1-13(2)29-12-25(10-16(25)23(34)28(3)4)30-11-15(21(32)22(33)20(30)24(29)35)18(31)9-8-14-6-5-7-17(26)19(14)27/h5-7,11,13,16,33H,8-10,12H2,1-4H3. The molecule has 2 atom stereocenters. The van der Waals surface area contributed by atoms with Crippen molar-refractivity contribution in [3.05, 3.63) is 62.3 Å². The molecule has 2 amide bonds. The minimum Gasteiger partial charge on any atom is -0.503 e. The fourth-order valence-corrected chi connectivity index (χ4v) is 5.03. The van der Waals surface area contributed by atoms with Crippen molar-refractivity contribution >= 4 is 29.2 Å². The Morgan fingerprint density at radius 2 is 1.97 bits per heavy atom. The van der Waals surface area contributed by atoms with Crippen LogP contribution in [0.3, 0.4) is 0 Å². The van der Waals surface area contributed by atoms with Crippen molar-refractivity contribution < 1.29 is 23.9 Å². The fourth-order valence-electron chi connectivity index (χ4n) is 4.84. The summed E-state index contributed by atoms with van der Waals surface area (Å²) in [6.07, 6.45) is 1.48. The summed E-state index contributed by atoms with van der Waals surface area (Å²) in [6.45, 7) is 3.84. The number of rotatable bonds is 6. The largest absolute Gasteiger partial charge is 0.503 e. The average Bonchev–Trinajstić information content (AvgIpc) is 3.52. The van der Waals surface area contributed by atoms with Crippen LogP contribution in [0.4, 0.5) is 4.39 Å². The molecule has 1 aromatic heterocycles. The highest BCUT2D eigenvalue weighted by molar-refractivity contribution is 6.30. The maximum absolute atomic E-state index is 14.2. The lowest BCUT2D eigenvalue weighted by Gasteiger charge is -2.39. The average molecular weight is 504 g/mol. The van der Waals surface area contributed by atoms with E-state index < -0.39 is 40.1 Å². The van der Waals surface area contributed by atoms with E-state index in [1.165, 1.54) is 32.7 Å². The number of hydrogen-bond donors (Lipinski definition) is 1. The van der Waals surface area contributed by atoms with Gasteiger partial charge in [0.2, 0.25) is 11.3 Å². The molecule has 1 saturated carbocycles. The van der Waals surface area contributed by atoms with Crippen molar-refractivity contribution in [1.82, 2.24) is 14.4 Å². The van der Waals surface area contributed by atoms with Crippen molar-refractivity contribution in [2.24, 2.45) is 5.92 Å². The number of ketones is 1. The van der Waals surface area contributed by atoms with E-state index in [2.05, 4.69) is 0 Å². The lowest BCUT2D eigenvalue weighted by molar-refractivity contribution is -0.131. The van der Waals surface area contributed by atoms with Gasteiger partial charge in [-0.3, -0.25) is 19.2 Å². The van der Waals surface area contributed by atoms with Crippen LogP contribution in [0.1, 0.15) is 53.1 Å². The van der Waals surface area contributed by atoms with Gasteiger partial charge in [0.25, 0.3) is 5.91 Å². The molecule has 0 saturated heterocycles. The zero-order chi connectivity index (χ0) is 25.8. The number of benzene rings is 1. The van der Waals surface area contributed by atoms with Crippen LogP contribution in [0.15, 0.2) is 29.2 Å². The molecule has 10 heteroatoms.